The summed E-state index contributed by atoms with van der Waals surface area (Å²) in [7, 11) is 0. The number of fused-ring (bicyclic) bond motifs is 5. The highest BCUT2D eigenvalue weighted by atomic mass is 16.3. The second-order valence-electron chi connectivity index (χ2n) is 8.39. The van der Waals surface area contributed by atoms with E-state index in [1.54, 1.807) is 12.2 Å². The lowest BCUT2D eigenvalue weighted by molar-refractivity contribution is -0.129. The maximum Gasteiger partial charge on any atom is 0.178 e. The van der Waals surface area contributed by atoms with Gasteiger partial charge in [0.15, 0.2) is 5.78 Å². The molecule has 2 N–H and O–H groups in total. The molecule has 7 atom stereocenters. The van der Waals surface area contributed by atoms with Crippen molar-refractivity contribution in [2.45, 2.75) is 58.2 Å². The molecule has 0 aliphatic heterocycles. The Morgan fingerprint density at radius 1 is 1.18 bits per heavy atom. The second kappa shape index (κ2) is 4.55. The van der Waals surface area contributed by atoms with Crippen molar-refractivity contribution in [2.24, 2.45) is 28.6 Å². The Labute approximate surface area is 132 Å². The number of carbonyl (C=O) groups excluding carboxylic acids is 1. The number of hydrogen-bond acceptors (Lipinski definition) is 3. The third-order valence-electron chi connectivity index (χ3n) is 7.44. The van der Waals surface area contributed by atoms with Crippen LogP contribution in [0.25, 0.3) is 0 Å². The topological polar surface area (TPSA) is 57.5 Å². The summed E-state index contributed by atoms with van der Waals surface area (Å²) in [5.41, 5.74) is 0.875. The van der Waals surface area contributed by atoms with Crippen LogP contribution in [0.1, 0.15) is 46.0 Å². The minimum Gasteiger partial charge on any atom is -0.393 e. The van der Waals surface area contributed by atoms with Crippen molar-refractivity contribution >= 4 is 5.78 Å². The summed E-state index contributed by atoms with van der Waals surface area (Å²) in [4.78, 5) is 11.7. The molecule has 0 amide bonds. The fourth-order valence-corrected chi connectivity index (χ4v) is 6.30. The summed E-state index contributed by atoms with van der Waals surface area (Å²) in [5.74, 6) is 1.21. The first-order valence-corrected chi connectivity index (χ1v) is 8.66. The summed E-state index contributed by atoms with van der Waals surface area (Å²) < 4.78 is 0. The molecule has 0 radical (unpaired) electrons. The van der Waals surface area contributed by atoms with E-state index in [-0.39, 0.29) is 28.6 Å². The molecule has 3 nitrogen and oxygen atoms in total. The van der Waals surface area contributed by atoms with Gasteiger partial charge >= 0.3 is 0 Å². The first-order valence-electron chi connectivity index (χ1n) is 8.66. The van der Waals surface area contributed by atoms with Crippen LogP contribution in [0.2, 0.25) is 0 Å². The van der Waals surface area contributed by atoms with Crippen LogP contribution in [0.5, 0.6) is 0 Å². The van der Waals surface area contributed by atoms with E-state index in [1.165, 1.54) is 5.57 Å². The largest absolute Gasteiger partial charge is 0.393 e. The van der Waals surface area contributed by atoms with Gasteiger partial charge in [-0.3, -0.25) is 4.79 Å². The fourth-order valence-electron chi connectivity index (χ4n) is 6.30. The molecule has 0 spiro atoms. The number of hydrogen-bond donors (Lipinski definition) is 2. The van der Waals surface area contributed by atoms with Gasteiger partial charge in [-0.2, -0.15) is 0 Å². The second-order valence-corrected chi connectivity index (χ2v) is 8.39. The Hall–Kier alpha value is -0.930. The molecule has 4 aliphatic rings. The molecule has 0 bridgehead atoms. The van der Waals surface area contributed by atoms with Gasteiger partial charge in [0, 0.05) is 11.3 Å². The molecule has 3 saturated carbocycles. The Morgan fingerprint density at radius 2 is 1.95 bits per heavy atom. The number of aliphatic hydroxyl groups is 2. The molecule has 4 aliphatic carbocycles. The van der Waals surface area contributed by atoms with Gasteiger partial charge in [-0.25, -0.2) is 0 Å². The third kappa shape index (κ3) is 1.73. The Morgan fingerprint density at radius 3 is 2.73 bits per heavy atom. The predicted molar refractivity (Wildman–Crippen MR) is 84.0 cm³/mol. The van der Waals surface area contributed by atoms with E-state index >= 15 is 0 Å². The van der Waals surface area contributed by atoms with E-state index < -0.39 is 6.10 Å². The van der Waals surface area contributed by atoms with Crippen molar-refractivity contribution in [1.29, 1.82) is 0 Å². The molecule has 0 saturated heterocycles. The molecule has 0 heterocycles. The summed E-state index contributed by atoms with van der Waals surface area (Å²) >= 11 is 0. The van der Waals surface area contributed by atoms with Gasteiger partial charge in [-0.05, 0) is 61.5 Å². The van der Waals surface area contributed by atoms with Crippen molar-refractivity contribution in [3.05, 3.63) is 23.8 Å². The number of aliphatic hydroxyl groups excluding tert-OH is 2. The quantitative estimate of drug-likeness (QED) is 0.723. The predicted octanol–water partition coefficient (Wildman–Crippen LogP) is 2.63. The lowest BCUT2D eigenvalue weighted by atomic mass is 9.47. The average Bonchev–Trinajstić information content (AvgIpc) is 2.75. The van der Waals surface area contributed by atoms with Gasteiger partial charge in [0.05, 0.1) is 12.2 Å². The molecule has 3 fully saturated rings. The lowest BCUT2D eigenvalue weighted by Gasteiger charge is -2.58. The van der Waals surface area contributed by atoms with Crippen molar-refractivity contribution in [2.75, 3.05) is 0 Å². The molecular formula is C19H26O3. The SMILES string of the molecule is C[C@]12C[C@@H](O)[C@H]3[C@@H](CCC4=CC(=O)C=C[C@@]43C)[C@H]1CC[C@@H]2O. The van der Waals surface area contributed by atoms with Gasteiger partial charge in [-0.15, -0.1) is 0 Å². The van der Waals surface area contributed by atoms with E-state index in [2.05, 4.69) is 13.8 Å². The van der Waals surface area contributed by atoms with Gasteiger partial charge in [-0.1, -0.05) is 25.5 Å². The first-order chi connectivity index (χ1) is 10.4. The molecule has 22 heavy (non-hydrogen) atoms. The Bertz CT molecular complexity index is 577. The minimum atomic E-state index is -0.398. The average molecular weight is 302 g/mol. The molecule has 0 unspecified atom stereocenters. The van der Waals surface area contributed by atoms with E-state index in [9.17, 15) is 15.0 Å². The van der Waals surface area contributed by atoms with Crippen molar-refractivity contribution < 1.29 is 15.0 Å². The van der Waals surface area contributed by atoms with Crippen LogP contribution in [-0.2, 0) is 4.79 Å². The summed E-state index contributed by atoms with van der Waals surface area (Å²) in [6.07, 6.45) is 9.44. The van der Waals surface area contributed by atoms with Gasteiger partial charge in [0.2, 0.25) is 0 Å². The summed E-state index contributed by atoms with van der Waals surface area (Å²) in [5, 5.41) is 21.4. The van der Waals surface area contributed by atoms with E-state index in [1.807, 2.05) is 6.08 Å². The van der Waals surface area contributed by atoms with E-state index in [0.717, 1.165) is 25.7 Å². The Kier molecular flexibility index (Phi) is 3.03. The highest BCUT2D eigenvalue weighted by Crippen LogP contribution is 2.64. The number of carbonyl (C=O) groups is 1. The maximum atomic E-state index is 11.7. The maximum absolute atomic E-state index is 11.7. The number of allylic oxidation sites excluding steroid dienone is 4. The zero-order valence-electron chi connectivity index (χ0n) is 13.5. The molecular weight excluding hydrogens is 276 g/mol. The van der Waals surface area contributed by atoms with Crippen LogP contribution >= 0.6 is 0 Å². The molecule has 3 heteroatoms. The first kappa shape index (κ1) is 14.6. The smallest absolute Gasteiger partial charge is 0.178 e. The monoisotopic (exact) mass is 302 g/mol. The van der Waals surface area contributed by atoms with Crippen molar-refractivity contribution in [3.63, 3.8) is 0 Å². The van der Waals surface area contributed by atoms with Crippen molar-refractivity contribution in [3.8, 4) is 0 Å². The Balaban J connectivity index is 1.76. The summed E-state index contributed by atoms with van der Waals surface area (Å²) in [6.45, 7) is 4.36. The zero-order valence-corrected chi connectivity index (χ0v) is 13.5. The molecule has 0 aromatic rings. The normalized spacial score (nSPS) is 53.5. The minimum absolute atomic E-state index is 0.0809. The van der Waals surface area contributed by atoms with Gasteiger partial charge < -0.3 is 10.2 Å². The zero-order chi connectivity index (χ0) is 15.7. The molecule has 0 aromatic carbocycles. The number of rotatable bonds is 0. The van der Waals surface area contributed by atoms with Crippen LogP contribution in [-0.4, -0.2) is 28.2 Å². The highest BCUT2D eigenvalue weighted by Gasteiger charge is 2.61. The molecule has 4 rings (SSSR count). The van der Waals surface area contributed by atoms with Gasteiger partial charge in [0.1, 0.15) is 0 Å². The van der Waals surface area contributed by atoms with Crippen LogP contribution < -0.4 is 0 Å². The highest BCUT2D eigenvalue weighted by molar-refractivity contribution is 6.01. The molecule has 120 valence electrons. The van der Waals surface area contributed by atoms with E-state index in [0.29, 0.717) is 18.3 Å². The van der Waals surface area contributed by atoms with Gasteiger partial charge in [0.25, 0.3) is 0 Å². The third-order valence-corrected chi connectivity index (χ3v) is 7.44. The number of ketones is 1. The van der Waals surface area contributed by atoms with Crippen LogP contribution in [0.15, 0.2) is 23.8 Å². The van der Waals surface area contributed by atoms with E-state index in [4.69, 9.17) is 0 Å². The summed E-state index contributed by atoms with van der Waals surface area (Å²) in [6, 6.07) is 0. The fraction of sp³-hybridized carbons (Fsp3) is 0.737. The lowest BCUT2D eigenvalue weighted by Crippen LogP contribution is -2.56. The standard InChI is InChI=1S/C19H26O3/c1-18-8-7-12(20)9-11(18)3-4-13-14-5-6-16(22)19(14,2)10-15(21)17(13)18/h7-9,13-17,21-22H,3-6,10H2,1-2H3/t13-,14+,15+,16-,17+,18-,19-/m0/s1. The molecule has 0 aromatic heterocycles. The van der Waals surface area contributed by atoms with Crippen molar-refractivity contribution in [1.82, 2.24) is 0 Å². The van der Waals surface area contributed by atoms with Crippen LogP contribution in [0, 0.1) is 28.6 Å². The van der Waals surface area contributed by atoms with Crippen LogP contribution in [0.3, 0.4) is 0 Å². The van der Waals surface area contributed by atoms with Crippen LogP contribution in [0.4, 0.5) is 0 Å².